The van der Waals surface area contributed by atoms with Crippen LogP contribution >= 0.6 is 11.3 Å². The number of hydrogen-bond acceptors (Lipinski definition) is 7. The van der Waals surface area contributed by atoms with Crippen molar-refractivity contribution in [3.63, 3.8) is 0 Å². The monoisotopic (exact) mass is 348 g/mol. The van der Waals surface area contributed by atoms with Gasteiger partial charge < -0.3 is 5.32 Å². The molecular weight excluding hydrogens is 335 g/mol. The molecule has 0 spiro atoms. The van der Waals surface area contributed by atoms with Gasteiger partial charge in [0.2, 0.25) is 5.13 Å². The third kappa shape index (κ3) is 3.90. The molecule has 8 nitrogen and oxygen atoms in total. The fourth-order valence-corrected chi connectivity index (χ4v) is 2.84. The molecule has 1 N–H and O–H groups in total. The van der Waals surface area contributed by atoms with E-state index in [1.165, 1.54) is 34.5 Å². The van der Waals surface area contributed by atoms with Gasteiger partial charge in [0, 0.05) is 13.0 Å². The Balaban J connectivity index is 1.52. The van der Waals surface area contributed by atoms with Crippen LogP contribution in [0.3, 0.4) is 0 Å². The molecule has 2 heterocycles. The Morgan fingerprint density at radius 1 is 1.33 bits per heavy atom. The lowest BCUT2D eigenvalue weighted by molar-refractivity contribution is -0.385. The van der Waals surface area contributed by atoms with Gasteiger partial charge in [0.15, 0.2) is 0 Å². The molecule has 0 aliphatic carbocycles. The number of nitrogens with zero attached hydrogens (tertiary/aromatic N) is 5. The van der Waals surface area contributed by atoms with Crippen LogP contribution in [0.25, 0.3) is 0 Å². The van der Waals surface area contributed by atoms with E-state index in [4.69, 9.17) is 0 Å². The zero-order valence-electron chi connectivity index (χ0n) is 12.4. The highest BCUT2D eigenvalue weighted by Crippen LogP contribution is 2.19. The molecule has 0 atom stereocenters. The summed E-state index contributed by atoms with van der Waals surface area (Å²) in [5.41, 5.74) is 0.530. The van der Waals surface area contributed by atoms with Crippen molar-refractivity contribution in [2.75, 3.05) is 11.9 Å². The van der Waals surface area contributed by atoms with Crippen molar-refractivity contribution in [2.45, 2.75) is 13.0 Å². The normalized spacial score (nSPS) is 10.7. The van der Waals surface area contributed by atoms with Crippen molar-refractivity contribution in [3.05, 3.63) is 63.2 Å². The van der Waals surface area contributed by atoms with Gasteiger partial charge in [-0.2, -0.15) is 5.10 Å². The van der Waals surface area contributed by atoms with Crippen LogP contribution in [0.2, 0.25) is 0 Å². The van der Waals surface area contributed by atoms with Crippen molar-refractivity contribution in [1.82, 2.24) is 20.0 Å². The molecule has 0 saturated heterocycles. The van der Waals surface area contributed by atoms with E-state index in [-0.39, 0.29) is 11.5 Å². The lowest BCUT2D eigenvalue weighted by Crippen LogP contribution is -2.10. The summed E-state index contributed by atoms with van der Waals surface area (Å²) in [6, 6.07) is 6.56. The second-order valence-corrected chi connectivity index (χ2v) is 5.98. The maximum atomic E-state index is 13.6. The average molecular weight is 348 g/mol. The molecule has 10 heteroatoms. The summed E-state index contributed by atoms with van der Waals surface area (Å²) in [5, 5.41) is 26.9. The molecule has 2 aromatic heterocycles. The first-order valence-electron chi connectivity index (χ1n) is 7.08. The van der Waals surface area contributed by atoms with Crippen molar-refractivity contribution in [1.29, 1.82) is 0 Å². The minimum atomic E-state index is -0.489. The maximum Gasteiger partial charge on any atom is 0.306 e. The van der Waals surface area contributed by atoms with E-state index in [9.17, 15) is 14.5 Å². The highest BCUT2D eigenvalue weighted by molar-refractivity contribution is 7.15. The van der Waals surface area contributed by atoms with Crippen LogP contribution in [-0.4, -0.2) is 31.4 Å². The van der Waals surface area contributed by atoms with Crippen LogP contribution in [0, 0.1) is 15.9 Å². The molecule has 3 aromatic rings. The molecule has 0 saturated carbocycles. The van der Waals surface area contributed by atoms with Crippen molar-refractivity contribution < 1.29 is 9.31 Å². The highest BCUT2D eigenvalue weighted by Gasteiger charge is 2.10. The van der Waals surface area contributed by atoms with Crippen LogP contribution in [-0.2, 0) is 13.0 Å². The number of benzene rings is 1. The SMILES string of the molecule is O=[N+]([O-])c1cnn(CCNc2nnc(Cc3ccccc3F)s2)c1. The minimum Gasteiger partial charge on any atom is -0.358 e. The fourth-order valence-electron chi connectivity index (χ4n) is 2.05. The van der Waals surface area contributed by atoms with E-state index in [1.54, 1.807) is 18.2 Å². The van der Waals surface area contributed by atoms with Crippen LogP contribution < -0.4 is 5.32 Å². The molecule has 0 bridgehead atoms. The summed E-state index contributed by atoms with van der Waals surface area (Å²) in [7, 11) is 0. The molecule has 1 aromatic carbocycles. The lowest BCUT2D eigenvalue weighted by atomic mass is 10.1. The Labute approximate surface area is 140 Å². The van der Waals surface area contributed by atoms with Crippen molar-refractivity contribution in [2.24, 2.45) is 0 Å². The Hall–Kier alpha value is -2.88. The largest absolute Gasteiger partial charge is 0.358 e. The lowest BCUT2D eigenvalue weighted by Gasteiger charge is -2.01. The Bertz CT molecular complexity index is 849. The van der Waals surface area contributed by atoms with Crippen molar-refractivity contribution in [3.8, 4) is 0 Å². The number of nitro groups is 1. The number of anilines is 1. The van der Waals surface area contributed by atoms with Crippen LogP contribution in [0.4, 0.5) is 15.2 Å². The molecule has 0 aliphatic heterocycles. The zero-order valence-corrected chi connectivity index (χ0v) is 13.2. The molecule has 3 rings (SSSR count). The molecular formula is C14H13FN6O2S. The van der Waals surface area contributed by atoms with E-state index < -0.39 is 4.92 Å². The van der Waals surface area contributed by atoms with Gasteiger partial charge >= 0.3 is 5.69 Å². The quantitative estimate of drug-likeness (QED) is 0.520. The van der Waals surface area contributed by atoms with Gasteiger partial charge in [-0.05, 0) is 11.6 Å². The van der Waals surface area contributed by atoms with Gasteiger partial charge in [0.1, 0.15) is 23.2 Å². The van der Waals surface area contributed by atoms with Gasteiger partial charge in [-0.1, -0.05) is 29.5 Å². The summed E-state index contributed by atoms with van der Waals surface area (Å²) in [6.45, 7) is 0.948. The standard InChI is InChI=1S/C14H13FN6O2S/c15-12-4-2-1-3-10(12)7-13-18-19-14(24-13)16-5-6-20-9-11(8-17-20)21(22)23/h1-4,8-9H,5-7H2,(H,16,19). The summed E-state index contributed by atoms with van der Waals surface area (Å²) >= 11 is 1.34. The van der Waals surface area contributed by atoms with Gasteiger partial charge in [-0.15, -0.1) is 10.2 Å². The molecule has 0 amide bonds. The summed E-state index contributed by atoms with van der Waals surface area (Å²) < 4.78 is 15.1. The molecule has 0 radical (unpaired) electrons. The molecule has 0 aliphatic rings. The second-order valence-electron chi connectivity index (χ2n) is 4.91. The molecule has 24 heavy (non-hydrogen) atoms. The van der Waals surface area contributed by atoms with Crippen LogP contribution in [0.15, 0.2) is 36.7 Å². The van der Waals surface area contributed by atoms with Crippen LogP contribution in [0.1, 0.15) is 10.6 Å². The summed E-state index contributed by atoms with van der Waals surface area (Å²) in [4.78, 5) is 10.1. The Morgan fingerprint density at radius 3 is 2.92 bits per heavy atom. The number of hydrogen-bond donors (Lipinski definition) is 1. The Morgan fingerprint density at radius 2 is 2.17 bits per heavy atom. The average Bonchev–Trinajstić information content (AvgIpc) is 3.19. The number of halogens is 1. The van der Waals surface area contributed by atoms with Gasteiger partial charge in [-0.3, -0.25) is 14.8 Å². The first-order chi connectivity index (χ1) is 11.6. The van der Waals surface area contributed by atoms with Gasteiger partial charge in [0.25, 0.3) is 0 Å². The third-order valence-corrected chi connectivity index (χ3v) is 4.09. The van der Waals surface area contributed by atoms with E-state index in [1.807, 2.05) is 0 Å². The highest BCUT2D eigenvalue weighted by atomic mass is 32.1. The Kier molecular flexibility index (Phi) is 4.75. The van der Waals surface area contributed by atoms with Crippen molar-refractivity contribution >= 4 is 22.2 Å². The van der Waals surface area contributed by atoms with Crippen LogP contribution in [0.5, 0.6) is 0 Å². The minimum absolute atomic E-state index is 0.0434. The first kappa shape index (κ1) is 16.0. The van der Waals surface area contributed by atoms with E-state index in [2.05, 4.69) is 20.6 Å². The van der Waals surface area contributed by atoms with E-state index in [0.29, 0.717) is 35.2 Å². The second kappa shape index (κ2) is 7.13. The number of rotatable bonds is 7. The number of aromatic nitrogens is 4. The summed E-state index contributed by atoms with van der Waals surface area (Å²) in [5.74, 6) is -0.262. The molecule has 124 valence electrons. The predicted molar refractivity (Wildman–Crippen MR) is 86.5 cm³/mol. The fraction of sp³-hybridized carbons (Fsp3) is 0.214. The molecule has 0 fully saturated rings. The topological polar surface area (TPSA) is 98.8 Å². The van der Waals surface area contributed by atoms with Gasteiger partial charge in [0.05, 0.1) is 11.5 Å². The summed E-state index contributed by atoms with van der Waals surface area (Å²) in [6.07, 6.45) is 2.96. The van der Waals surface area contributed by atoms with E-state index >= 15 is 0 Å². The molecule has 0 unspecified atom stereocenters. The predicted octanol–water partition coefficient (Wildman–Crippen LogP) is 2.48. The third-order valence-electron chi connectivity index (χ3n) is 3.21. The maximum absolute atomic E-state index is 13.6. The van der Waals surface area contributed by atoms with Gasteiger partial charge in [-0.25, -0.2) is 4.39 Å². The first-order valence-corrected chi connectivity index (χ1v) is 7.90. The smallest absolute Gasteiger partial charge is 0.306 e. The van der Waals surface area contributed by atoms with E-state index in [0.717, 1.165) is 0 Å². The zero-order chi connectivity index (χ0) is 16.9. The number of nitrogens with one attached hydrogen (secondary N) is 1.